The minimum Gasteiger partial charge on any atom is -0.497 e. The molecule has 8 heteroatoms. The minimum absolute atomic E-state index is 0.204. The number of halogens is 1. The fourth-order valence-electron chi connectivity index (χ4n) is 2.29. The van der Waals surface area contributed by atoms with Crippen LogP contribution in [0.25, 0.3) is 5.69 Å². The minimum atomic E-state index is -0.795. The summed E-state index contributed by atoms with van der Waals surface area (Å²) in [6.45, 7) is 0. The number of H-pyrrole nitrogens is 1. The first-order chi connectivity index (χ1) is 12.5. The van der Waals surface area contributed by atoms with Crippen LogP contribution in [0, 0.1) is 5.82 Å². The third-order valence-electron chi connectivity index (χ3n) is 3.62. The lowest BCUT2D eigenvalue weighted by Crippen LogP contribution is -2.31. The number of benzene rings is 2. The van der Waals surface area contributed by atoms with Crippen molar-refractivity contribution in [2.45, 2.75) is 0 Å². The lowest BCUT2D eigenvalue weighted by molar-refractivity contribution is 0.414. The van der Waals surface area contributed by atoms with Gasteiger partial charge in [-0.25, -0.2) is 13.8 Å². The Morgan fingerprint density at radius 2 is 1.77 bits per heavy atom. The molecular formula is C18H14FN3O4. The first-order valence-corrected chi connectivity index (χ1v) is 7.52. The number of methoxy groups -OCH3 is 1. The monoisotopic (exact) mass is 355 g/mol. The third kappa shape index (κ3) is 3.39. The summed E-state index contributed by atoms with van der Waals surface area (Å²) in [6, 6.07) is 11.6. The Labute approximate surface area is 146 Å². The summed E-state index contributed by atoms with van der Waals surface area (Å²) in [6.07, 6.45) is 1.11. The molecule has 2 aromatic carbocycles. The van der Waals surface area contributed by atoms with E-state index < -0.39 is 22.9 Å². The normalized spacial score (nSPS) is 11.0. The summed E-state index contributed by atoms with van der Waals surface area (Å²) in [7, 11) is 1.50. The summed E-state index contributed by atoms with van der Waals surface area (Å²) in [4.78, 5) is 30.3. The quantitative estimate of drug-likeness (QED) is 0.701. The van der Waals surface area contributed by atoms with Crippen LogP contribution in [0.3, 0.4) is 0 Å². The number of nitrogens with one attached hydrogen (secondary N) is 1. The number of aromatic hydroxyl groups is 1. The molecule has 0 bridgehead atoms. The average Bonchev–Trinajstić information content (AvgIpc) is 2.63. The van der Waals surface area contributed by atoms with E-state index in [1.165, 1.54) is 31.4 Å². The molecule has 1 aromatic heterocycles. The molecule has 7 nitrogen and oxygen atoms in total. The Morgan fingerprint density at radius 1 is 1.12 bits per heavy atom. The molecule has 0 atom stereocenters. The highest BCUT2D eigenvalue weighted by Crippen LogP contribution is 2.19. The van der Waals surface area contributed by atoms with Gasteiger partial charge in [-0.15, -0.1) is 0 Å². The fraction of sp³-hybridized carbons (Fsp3) is 0.0556. The Kier molecular flexibility index (Phi) is 4.66. The number of aromatic amines is 1. The van der Waals surface area contributed by atoms with Crippen molar-refractivity contribution in [3.8, 4) is 17.3 Å². The average molecular weight is 355 g/mol. The van der Waals surface area contributed by atoms with Crippen molar-refractivity contribution < 1.29 is 14.2 Å². The van der Waals surface area contributed by atoms with E-state index in [0.717, 1.165) is 10.8 Å². The number of nitrogens with zero attached hydrogens (tertiary/aromatic N) is 2. The smallest absolute Gasteiger partial charge is 0.335 e. The van der Waals surface area contributed by atoms with Crippen LogP contribution in [0.2, 0.25) is 0 Å². The number of aromatic nitrogens is 2. The summed E-state index contributed by atoms with van der Waals surface area (Å²) < 4.78 is 18.9. The largest absolute Gasteiger partial charge is 0.497 e. The SMILES string of the molecule is COc1ccc(-n2c(O)c(C=Nc3ccc(F)cc3)c(=O)[nH]c2=O)cc1. The standard InChI is InChI=1S/C18H14FN3O4/c1-26-14-8-6-13(7-9-14)22-17(24)15(16(23)21-18(22)25)10-20-12-4-2-11(19)3-5-12/h2-10,24H,1H3,(H,21,23,25). The van der Waals surface area contributed by atoms with E-state index in [0.29, 0.717) is 17.1 Å². The highest BCUT2D eigenvalue weighted by atomic mass is 19.1. The van der Waals surface area contributed by atoms with Crippen LogP contribution in [0.15, 0.2) is 63.1 Å². The molecule has 2 N–H and O–H groups in total. The van der Waals surface area contributed by atoms with Gasteiger partial charge in [0.25, 0.3) is 5.56 Å². The van der Waals surface area contributed by atoms with Gasteiger partial charge in [-0.1, -0.05) is 0 Å². The molecule has 3 aromatic rings. The highest BCUT2D eigenvalue weighted by Gasteiger charge is 2.14. The third-order valence-corrected chi connectivity index (χ3v) is 3.62. The van der Waals surface area contributed by atoms with Gasteiger partial charge in [0, 0.05) is 6.21 Å². The van der Waals surface area contributed by atoms with Gasteiger partial charge in [-0.3, -0.25) is 14.8 Å². The predicted molar refractivity (Wildman–Crippen MR) is 94.5 cm³/mol. The maximum atomic E-state index is 12.9. The summed E-state index contributed by atoms with van der Waals surface area (Å²) in [5.41, 5.74) is -1.07. The second-order valence-corrected chi connectivity index (χ2v) is 5.26. The Morgan fingerprint density at radius 3 is 2.38 bits per heavy atom. The Bertz CT molecular complexity index is 1070. The van der Waals surface area contributed by atoms with Gasteiger partial charge in [0.05, 0.1) is 18.5 Å². The van der Waals surface area contributed by atoms with Gasteiger partial charge in [0.1, 0.15) is 17.1 Å². The Hall–Kier alpha value is -3.68. The van der Waals surface area contributed by atoms with E-state index in [-0.39, 0.29) is 5.56 Å². The van der Waals surface area contributed by atoms with Gasteiger partial charge in [-0.2, -0.15) is 0 Å². The van der Waals surface area contributed by atoms with Crippen LogP contribution in [0.4, 0.5) is 10.1 Å². The van der Waals surface area contributed by atoms with Crippen molar-refractivity contribution in [3.05, 3.63) is 80.7 Å². The van der Waals surface area contributed by atoms with E-state index >= 15 is 0 Å². The maximum absolute atomic E-state index is 12.9. The lowest BCUT2D eigenvalue weighted by atomic mass is 10.2. The Balaban J connectivity index is 2.07. The molecule has 0 aliphatic heterocycles. The highest BCUT2D eigenvalue weighted by molar-refractivity contribution is 5.84. The molecule has 3 rings (SSSR count). The van der Waals surface area contributed by atoms with Crippen LogP contribution in [-0.2, 0) is 0 Å². The molecule has 0 radical (unpaired) electrons. The molecule has 0 fully saturated rings. The molecule has 1 heterocycles. The molecule has 26 heavy (non-hydrogen) atoms. The zero-order valence-corrected chi connectivity index (χ0v) is 13.6. The van der Waals surface area contributed by atoms with Gasteiger partial charge in [0.15, 0.2) is 0 Å². The number of hydrogen-bond donors (Lipinski definition) is 2. The number of rotatable bonds is 4. The van der Waals surface area contributed by atoms with Gasteiger partial charge in [-0.05, 0) is 48.5 Å². The fourth-order valence-corrected chi connectivity index (χ4v) is 2.29. The van der Waals surface area contributed by atoms with Crippen molar-refractivity contribution in [2.24, 2.45) is 4.99 Å². The summed E-state index contributed by atoms with van der Waals surface area (Å²) in [5, 5.41) is 10.4. The predicted octanol–water partition coefficient (Wildman–Crippen LogP) is 2.13. The van der Waals surface area contributed by atoms with Crippen molar-refractivity contribution in [3.63, 3.8) is 0 Å². The molecular weight excluding hydrogens is 341 g/mol. The molecule has 0 saturated carbocycles. The first kappa shape index (κ1) is 17.2. The van der Waals surface area contributed by atoms with Crippen molar-refractivity contribution in [1.82, 2.24) is 9.55 Å². The number of hydrogen-bond acceptors (Lipinski definition) is 5. The van der Waals surface area contributed by atoms with E-state index in [9.17, 15) is 19.1 Å². The van der Waals surface area contributed by atoms with E-state index in [1.807, 2.05) is 0 Å². The summed E-state index contributed by atoms with van der Waals surface area (Å²) >= 11 is 0. The number of aliphatic imine (C=N–C) groups is 1. The van der Waals surface area contributed by atoms with Crippen molar-refractivity contribution >= 4 is 11.9 Å². The van der Waals surface area contributed by atoms with Crippen LogP contribution in [-0.4, -0.2) is 28.0 Å². The van der Waals surface area contributed by atoms with Gasteiger partial charge >= 0.3 is 5.69 Å². The zero-order valence-electron chi connectivity index (χ0n) is 13.6. The van der Waals surface area contributed by atoms with E-state index in [4.69, 9.17) is 4.74 Å². The molecule has 0 unspecified atom stereocenters. The first-order valence-electron chi connectivity index (χ1n) is 7.52. The van der Waals surface area contributed by atoms with Crippen molar-refractivity contribution in [2.75, 3.05) is 7.11 Å². The molecule has 0 spiro atoms. The second kappa shape index (κ2) is 7.06. The van der Waals surface area contributed by atoms with Crippen LogP contribution in [0.5, 0.6) is 11.6 Å². The molecule has 0 amide bonds. The van der Waals surface area contributed by atoms with Crippen LogP contribution in [0.1, 0.15) is 5.56 Å². The maximum Gasteiger partial charge on any atom is 0.335 e. The van der Waals surface area contributed by atoms with Crippen molar-refractivity contribution in [1.29, 1.82) is 0 Å². The lowest BCUT2D eigenvalue weighted by Gasteiger charge is -2.10. The van der Waals surface area contributed by atoms with Gasteiger partial charge < -0.3 is 9.84 Å². The molecule has 0 saturated heterocycles. The van der Waals surface area contributed by atoms with Crippen LogP contribution < -0.4 is 16.0 Å². The molecule has 0 aliphatic rings. The zero-order chi connectivity index (χ0) is 18.7. The summed E-state index contributed by atoms with van der Waals surface area (Å²) in [5.74, 6) is -0.406. The molecule has 132 valence electrons. The number of ether oxygens (including phenoxy) is 1. The van der Waals surface area contributed by atoms with E-state index in [2.05, 4.69) is 9.98 Å². The second-order valence-electron chi connectivity index (χ2n) is 5.26. The molecule has 0 aliphatic carbocycles. The van der Waals surface area contributed by atoms with Crippen LogP contribution >= 0.6 is 0 Å². The van der Waals surface area contributed by atoms with E-state index in [1.54, 1.807) is 24.3 Å². The topological polar surface area (TPSA) is 96.7 Å². The van der Waals surface area contributed by atoms with Gasteiger partial charge in [0.2, 0.25) is 5.88 Å².